The molecule has 31 heavy (non-hydrogen) atoms. The van der Waals surface area contributed by atoms with Crippen molar-refractivity contribution in [1.29, 1.82) is 0 Å². The van der Waals surface area contributed by atoms with E-state index in [1.54, 1.807) is 0 Å². The van der Waals surface area contributed by atoms with Gasteiger partial charge in [0.25, 0.3) is 5.91 Å². The Labute approximate surface area is 187 Å². The smallest absolute Gasteiger partial charge is 0.255 e. The number of nitrogens with zero attached hydrogens (tertiary/aromatic N) is 3. The van der Waals surface area contributed by atoms with Crippen LogP contribution in [0.5, 0.6) is 0 Å². The molecule has 2 aromatic rings. The van der Waals surface area contributed by atoms with E-state index < -0.39 is 0 Å². The van der Waals surface area contributed by atoms with Crippen LogP contribution in [0.3, 0.4) is 0 Å². The van der Waals surface area contributed by atoms with E-state index in [1.165, 1.54) is 17.5 Å². The summed E-state index contributed by atoms with van der Waals surface area (Å²) in [6.45, 7) is 11.4. The van der Waals surface area contributed by atoms with Gasteiger partial charge in [-0.2, -0.15) is 0 Å². The Morgan fingerprint density at radius 1 is 0.968 bits per heavy atom. The van der Waals surface area contributed by atoms with Gasteiger partial charge in [-0.05, 0) is 81.3 Å². The van der Waals surface area contributed by atoms with E-state index in [4.69, 9.17) is 4.98 Å². The quantitative estimate of drug-likeness (QED) is 0.640. The second kappa shape index (κ2) is 9.95. The number of piperidine rings is 2. The third kappa shape index (κ3) is 5.35. The van der Waals surface area contributed by atoms with Crippen LogP contribution in [0.15, 0.2) is 36.4 Å². The summed E-state index contributed by atoms with van der Waals surface area (Å²) in [5.74, 6) is 1.14. The molecule has 0 atom stereocenters. The van der Waals surface area contributed by atoms with E-state index in [0.29, 0.717) is 11.8 Å². The van der Waals surface area contributed by atoms with Crippen LogP contribution in [0, 0.1) is 6.92 Å². The summed E-state index contributed by atoms with van der Waals surface area (Å²) >= 11 is 0. The third-order valence-corrected chi connectivity index (χ3v) is 6.96. The number of rotatable bonds is 5. The highest BCUT2D eigenvalue weighted by Crippen LogP contribution is 2.31. The molecule has 4 nitrogen and oxygen atoms in total. The van der Waals surface area contributed by atoms with Crippen LogP contribution >= 0.6 is 0 Å². The Hall–Kier alpha value is -2.20. The minimum atomic E-state index is 0.190. The number of carbonyl (C=O) groups excluding carboxylic acids is 1. The fraction of sp³-hybridized carbons (Fsp3) is 0.556. The summed E-state index contributed by atoms with van der Waals surface area (Å²) in [7, 11) is 0. The molecule has 0 bridgehead atoms. The van der Waals surface area contributed by atoms with E-state index in [0.717, 1.165) is 75.4 Å². The Morgan fingerprint density at radius 3 is 2.29 bits per heavy atom. The maximum absolute atomic E-state index is 13.2. The highest BCUT2D eigenvalue weighted by molar-refractivity contribution is 5.95. The molecule has 4 heteroatoms. The predicted octanol–water partition coefficient (Wildman–Crippen LogP) is 5.52. The molecule has 0 aliphatic carbocycles. The van der Waals surface area contributed by atoms with Gasteiger partial charge in [0.2, 0.25) is 0 Å². The Bertz CT molecular complexity index is 876. The monoisotopic (exact) mass is 419 g/mol. The lowest BCUT2D eigenvalue weighted by atomic mass is 9.89. The lowest BCUT2D eigenvalue weighted by Crippen LogP contribution is -2.37. The normalized spacial score (nSPS) is 18.5. The van der Waals surface area contributed by atoms with Crippen molar-refractivity contribution in [2.75, 3.05) is 26.2 Å². The molecule has 3 heterocycles. The molecule has 166 valence electrons. The molecular formula is C27H37N3O. The van der Waals surface area contributed by atoms with Crippen molar-refractivity contribution in [1.82, 2.24) is 14.8 Å². The van der Waals surface area contributed by atoms with Gasteiger partial charge in [-0.1, -0.05) is 38.1 Å². The first kappa shape index (κ1) is 22.0. The zero-order valence-electron chi connectivity index (χ0n) is 19.4. The fourth-order valence-corrected chi connectivity index (χ4v) is 4.97. The second-order valence-electron chi connectivity index (χ2n) is 9.68. The molecule has 0 unspecified atom stereocenters. The van der Waals surface area contributed by atoms with E-state index in [-0.39, 0.29) is 5.91 Å². The first-order chi connectivity index (χ1) is 15.0. The minimum Gasteiger partial charge on any atom is -0.339 e. The number of hydrogen-bond acceptors (Lipinski definition) is 3. The van der Waals surface area contributed by atoms with Gasteiger partial charge < -0.3 is 4.90 Å². The minimum absolute atomic E-state index is 0.190. The molecule has 0 N–H and O–H groups in total. The summed E-state index contributed by atoms with van der Waals surface area (Å²) in [6.07, 6.45) is 5.62. The summed E-state index contributed by atoms with van der Waals surface area (Å²) in [5, 5.41) is 0. The number of carbonyl (C=O) groups is 1. The first-order valence-corrected chi connectivity index (χ1v) is 12.1. The highest BCUT2D eigenvalue weighted by Gasteiger charge is 2.28. The highest BCUT2D eigenvalue weighted by atomic mass is 16.2. The van der Waals surface area contributed by atoms with Gasteiger partial charge in [-0.25, -0.2) is 0 Å². The number of amides is 1. The van der Waals surface area contributed by atoms with Gasteiger partial charge in [0.1, 0.15) is 0 Å². The summed E-state index contributed by atoms with van der Waals surface area (Å²) in [6, 6.07) is 13.1. The summed E-state index contributed by atoms with van der Waals surface area (Å²) < 4.78 is 0. The van der Waals surface area contributed by atoms with Gasteiger partial charge >= 0.3 is 0 Å². The molecule has 2 fully saturated rings. The van der Waals surface area contributed by atoms with Gasteiger partial charge in [-0.15, -0.1) is 0 Å². The SMILES string of the molecule is Cc1ccc(C(=O)N2CCCCC2)c(C2CCN(Cc3ccc(C(C)C)cc3)CC2)n1. The first-order valence-electron chi connectivity index (χ1n) is 12.1. The van der Waals surface area contributed by atoms with E-state index in [1.807, 2.05) is 24.0 Å². The van der Waals surface area contributed by atoms with Gasteiger partial charge in [0.15, 0.2) is 0 Å². The molecule has 1 aromatic heterocycles. The van der Waals surface area contributed by atoms with Crippen molar-refractivity contribution >= 4 is 5.91 Å². The molecule has 4 rings (SSSR count). The van der Waals surface area contributed by atoms with Gasteiger partial charge in [0, 0.05) is 31.2 Å². The van der Waals surface area contributed by atoms with E-state index in [2.05, 4.69) is 43.0 Å². The molecule has 2 aliphatic rings. The van der Waals surface area contributed by atoms with Crippen LogP contribution < -0.4 is 0 Å². The van der Waals surface area contributed by atoms with E-state index >= 15 is 0 Å². The second-order valence-corrected chi connectivity index (χ2v) is 9.68. The molecule has 0 radical (unpaired) electrons. The van der Waals surface area contributed by atoms with Crippen LogP contribution in [-0.2, 0) is 6.54 Å². The fourth-order valence-electron chi connectivity index (χ4n) is 4.97. The third-order valence-electron chi connectivity index (χ3n) is 6.96. The lowest BCUT2D eigenvalue weighted by Gasteiger charge is -2.33. The van der Waals surface area contributed by atoms with Crippen LogP contribution in [0.4, 0.5) is 0 Å². The molecule has 1 aromatic carbocycles. The van der Waals surface area contributed by atoms with Crippen molar-refractivity contribution in [3.8, 4) is 0 Å². The predicted molar refractivity (Wildman–Crippen MR) is 127 cm³/mol. The van der Waals surface area contributed by atoms with Crippen LogP contribution in [0.25, 0.3) is 0 Å². The number of hydrogen-bond donors (Lipinski definition) is 0. The molecule has 0 spiro atoms. The number of benzene rings is 1. The summed E-state index contributed by atoms with van der Waals surface area (Å²) in [5.41, 5.74) is 5.68. The largest absolute Gasteiger partial charge is 0.339 e. The lowest BCUT2D eigenvalue weighted by molar-refractivity contribution is 0.0721. The van der Waals surface area contributed by atoms with Crippen LogP contribution in [0.2, 0.25) is 0 Å². The number of pyridine rings is 1. The van der Waals surface area contributed by atoms with Crippen molar-refractivity contribution in [3.05, 3.63) is 64.5 Å². The Balaban J connectivity index is 1.41. The van der Waals surface area contributed by atoms with Crippen LogP contribution in [0.1, 0.15) is 90.7 Å². The number of likely N-dealkylation sites (tertiary alicyclic amines) is 2. The summed E-state index contributed by atoms with van der Waals surface area (Å²) in [4.78, 5) is 22.7. The molecular weight excluding hydrogens is 382 g/mol. The maximum Gasteiger partial charge on any atom is 0.255 e. The van der Waals surface area contributed by atoms with Gasteiger partial charge in [0.05, 0.1) is 11.3 Å². The topological polar surface area (TPSA) is 36.4 Å². The zero-order valence-corrected chi connectivity index (χ0v) is 19.4. The zero-order chi connectivity index (χ0) is 21.8. The molecule has 2 aliphatic heterocycles. The maximum atomic E-state index is 13.2. The average molecular weight is 420 g/mol. The molecule has 2 saturated heterocycles. The molecule has 0 saturated carbocycles. The average Bonchev–Trinajstić information content (AvgIpc) is 2.80. The Morgan fingerprint density at radius 2 is 1.65 bits per heavy atom. The van der Waals surface area contributed by atoms with Crippen molar-refractivity contribution in [3.63, 3.8) is 0 Å². The Kier molecular flexibility index (Phi) is 7.06. The van der Waals surface area contributed by atoms with Crippen molar-refractivity contribution in [2.24, 2.45) is 0 Å². The number of aryl methyl sites for hydroxylation is 1. The van der Waals surface area contributed by atoms with Crippen molar-refractivity contribution in [2.45, 2.75) is 71.3 Å². The standard InChI is InChI=1S/C27H37N3O/c1-20(2)23-10-8-22(9-11-23)19-29-17-13-24(14-18-29)26-25(12-7-21(3)28-26)27(31)30-15-5-4-6-16-30/h7-12,20,24H,4-6,13-19H2,1-3H3. The molecule has 1 amide bonds. The van der Waals surface area contributed by atoms with Crippen molar-refractivity contribution < 1.29 is 4.79 Å². The van der Waals surface area contributed by atoms with Gasteiger partial charge in [-0.3, -0.25) is 14.7 Å². The van der Waals surface area contributed by atoms with E-state index in [9.17, 15) is 4.79 Å². The van der Waals surface area contributed by atoms with Crippen LogP contribution in [-0.4, -0.2) is 46.9 Å². The number of aromatic nitrogens is 1.